The van der Waals surface area contributed by atoms with E-state index in [-0.39, 0.29) is 11.7 Å². The fourth-order valence-electron chi connectivity index (χ4n) is 2.60. The maximum absolute atomic E-state index is 10.6. The first-order valence-electron chi connectivity index (χ1n) is 7.14. The fraction of sp³-hybridized carbons (Fsp3) is 0.267. The lowest BCUT2D eigenvalue weighted by atomic mass is 10.2. The van der Waals surface area contributed by atoms with Gasteiger partial charge in [-0.15, -0.1) is 0 Å². The van der Waals surface area contributed by atoms with Crippen LogP contribution >= 0.6 is 0 Å². The minimum Gasteiger partial charge on any atom is -0.365 e. The molecule has 1 atom stereocenters. The zero-order valence-corrected chi connectivity index (χ0v) is 12.2. The van der Waals surface area contributed by atoms with Gasteiger partial charge in [0.15, 0.2) is 0 Å². The molecule has 3 rings (SSSR count). The summed E-state index contributed by atoms with van der Waals surface area (Å²) in [6.07, 6.45) is 3.79. The molecule has 1 saturated heterocycles. The number of nitrogens with zero attached hydrogens (tertiary/aromatic N) is 5. The number of rotatable bonds is 4. The Bertz CT molecular complexity index is 755. The molecule has 0 bridgehead atoms. The van der Waals surface area contributed by atoms with Gasteiger partial charge in [0.25, 0.3) is 5.69 Å². The second kappa shape index (κ2) is 6.27. The third-order valence-electron chi connectivity index (χ3n) is 3.71. The molecular weight excluding hydrogens is 296 g/mol. The number of hydrogen-bond acceptors (Lipinski definition) is 7. The van der Waals surface area contributed by atoms with E-state index >= 15 is 0 Å². The topological polar surface area (TPSA) is 108 Å². The van der Waals surface area contributed by atoms with Gasteiger partial charge in [0, 0.05) is 31.4 Å². The molecule has 1 fully saturated rings. The molecular formula is C15H14N6O2. The van der Waals surface area contributed by atoms with E-state index in [0.29, 0.717) is 23.7 Å². The van der Waals surface area contributed by atoms with Crippen molar-refractivity contribution in [1.29, 1.82) is 5.26 Å². The van der Waals surface area contributed by atoms with Gasteiger partial charge in [0.05, 0.1) is 10.5 Å². The first kappa shape index (κ1) is 14.7. The van der Waals surface area contributed by atoms with E-state index in [1.807, 2.05) is 0 Å². The summed E-state index contributed by atoms with van der Waals surface area (Å²) in [6, 6.07) is 8.82. The van der Waals surface area contributed by atoms with E-state index in [1.165, 1.54) is 12.3 Å². The summed E-state index contributed by atoms with van der Waals surface area (Å²) in [7, 11) is 0. The number of nitriles is 1. The minimum atomic E-state index is -0.474. The molecule has 23 heavy (non-hydrogen) atoms. The molecule has 1 aliphatic rings. The van der Waals surface area contributed by atoms with Crippen LogP contribution in [0.15, 0.2) is 36.7 Å². The number of anilines is 2. The van der Waals surface area contributed by atoms with Crippen molar-refractivity contribution in [2.45, 2.75) is 12.5 Å². The van der Waals surface area contributed by atoms with Gasteiger partial charge in [-0.05, 0) is 24.6 Å². The average Bonchev–Trinajstić information content (AvgIpc) is 3.03. The number of nitrogens with one attached hydrogen (secondary N) is 1. The highest BCUT2D eigenvalue weighted by Gasteiger charge is 2.25. The SMILES string of the molecule is N#Cc1cccnc1N1CC[C@H](Nc2ccc([N+](=O)[O-])cn2)C1. The molecule has 0 radical (unpaired) electrons. The van der Waals surface area contributed by atoms with Crippen molar-refractivity contribution in [1.82, 2.24) is 9.97 Å². The van der Waals surface area contributed by atoms with Crippen LogP contribution in [0.3, 0.4) is 0 Å². The third-order valence-corrected chi connectivity index (χ3v) is 3.71. The molecule has 0 aromatic carbocycles. The molecule has 0 amide bonds. The summed E-state index contributed by atoms with van der Waals surface area (Å²) in [5.74, 6) is 1.29. The van der Waals surface area contributed by atoms with E-state index in [0.717, 1.165) is 13.0 Å². The zero-order valence-electron chi connectivity index (χ0n) is 12.2. The summed E-state index contributed by atoms with van der Waals surface area (Å²) < 4.78 is 0. The largest absolute Gasteiger partial charge is 0.365 e. The Morgan fingerprint density at radius 1 is 1.39 bits per heavy atom. The Kier molecular flexibility index (Phi) is 4.01. The van der Waals surface area contributed by atoms with Gasteiger partial charge in [-0.3, -0.25) is 10.1 Å². The second-order valence-corrected chi connectivity index (χ2v) is 5.22. The van der Waals surface area contributed by atoms with Crippen molar-refractivity contribution in [2.24, 2.45) is 0 Å². The predicted molar refractivity (Wildman–Crippen MR) is 84.1 cm³/mol. The Balaban J connectivity index is 1.66. The standard InChI is InChI=1S/C15H14N6O2/c16-8-11-2-1-6-17-15(11)20-7-5-12(10-20)19-14-4-3-13(9-18-14)21(22)23/h1-4,6,9,12H,5,7,10H2,(H,18,19)/t12-/m0/s1. The van der Waals surface area contributed by atoms with Crippen molar-refractivity contribution in [2.75, 3.05) is 23.3 Å². The quantitative estimate of drug-likeness (QED) is 0.679. The van der Waals surface area contributed by atoms with Gasteiger partial charge >= 0.3 is 0 Å². The molecule has 116 valence electrons. The van der Waals surface area contributed by atoms with Crippen molar-refractivity contribution in [3.05, 3.63) is 52.3 Å². The van der Waals surface area contributed by atoms with E-state index in [2.05, 4.69) is 26.3 Å². The van der Waals surface area contributed by atoms with Crippen LogP contribution < -0.4 is 10.2 Å². The summed E-state index contributed by atoms with van der Waals surface area (Å²) in [5.41, 5.74) is 0.525. The Morgan fingerprint density at radius 2 is 2.26 bits per heavy atom. The van der Waals surface area contributed by atoms with Crippen LogP contribution in [-0.2, 0) is 0 Å². The maximum atomic E-state index is 10.6. The lowest BCUT2D eigenvalue weighted by Gasteiger charge is -2.19. The van der Waals surface area contributed by atoms with Crippen LogP contribution in [0.5, 0.6) is 0 Å². The number of aromatic nitrogens is 2. The van der Waals surface area contributed by atoms with Gasteiger partial charge in [0.1, 0.15) is 23.9 Å². The first-order valence-corrected chi connectivity index (χ1v) is 7.14. The van der Waals surface area contributed by atoms with E-state index in [9.17, 15) is 10.1 Å². The summed E-state index contributed by atoms with van der Waals surface area (Å²) in [5, 5.41) is 23.0. The molecule has 8 heteroatoms. The highest BCUT2D eigenvalue weighted by Crippen LogP contribution is 2.23. The van der Waals surface area contributed by atoms with Crippen LogP contribution in [-0.4, -0.2) is 34.0 Å². The van der Waals surface area contributed by atoms with Crippen LogP contribution in [0.1, 0.15) is 12.0 Å². The monoisotopic (exact) mass is 310 g/mol. The van der Waals surface area contributed by atoms with Crippen LogP contribution in [0, 0.1) is 21.4 Å². The lowest BCUT2D eigenvalue weighted by molar-refractivity contribution is -0.385. The highest BCUT2D eigenvalue weighted by atomic mass is 16.6. The second-order valence-electron chi connectivity index (χ2n) is 5.22. The van der Waals surface area contributed by atoms with Gasteiger partial charge in [0.2, 0.25) is 0 Å². The van der Waals surface area contributed by atoms with Crippen LogP contribution in [0.4, 0.5) is 17.3 Å². The molecule has 8 nitrogen and oxygen atoms in total. The van der Waals surface area contributed by atoms with Crippen molar-refractivity contribution in [3.63, 3.8) is 0 Å². The molecule has 0 unspecified atom stereocenters. The lowest BCUT2D eigenvalue weighted by Crippen LogP contribution is -2.27. The average molecular weight is 310 g/mol. The molecule has 3 heterocycles. The van der Waals surface area contributed by atoms with Gasteiger partial charge < -0.3 is 10.2 Å². The Labute approximate surface area is 132 Å². The van der Waals surface area contributed by atoms with Crippen LogP contribution in [0.2, 0.25) is 0 Å². The van der Waals surface area contributed by atoms with Crippen molar-refractivity contribution >= 4 is 17.3 Å². The molecule has 1 aliphatic heterocycles. The van der Waals surface area contributed by atoms with Gasteiger partial charge in [-0.1, -0.05) is 0 Å². The maximum Gasteiger partial charge on any atom is 0.287 e. The molecule has 0 spiro atoms. The number of pyridine rings is 2. The number of hydrogen-bond donors (Lipinski definition) is 1. The van der Waals surface area contributed by atoms with Gasteiger partial charge in [-0.25, -0.2) is 9.97 Å². The minimum absolute atomic E-state index is 0.0317. The molecule has 2 aromatic rings. The summed E-state index contributed by atoms with van der Waals surface area (Å²) in [4.78, 5) is 20.6. The first-order chi connectivity index (χ1) is 11.2. The van der Waals surface area contributed by atoms with Crippen LogP contribution in [0.25, 0.3) is 0 Å². The molecule has 0 saturated carbocycles. The van der Waals surface area contributed by atoms with Crippen molar-refractivity contribution in [3.8, 4) is 6.07 Å². The van der Waals surface area contributed by atoms with Gasteiger partial charge in [-0.2, -0.15) is 5.26 Å². The zero-order chi connectivity index (χ0) is 16.2. The number of nitro groups is 1. The third kappa shape index (κ3) is 3.18. The smallest absolute Gasteiger partial charge is 0.287 e. The predicted octanol–water partition coefficient (Wildman–Crippen LogP) is 1.95. The normalized spacial score (nSPS) is 16.8. The van der Waals surface area contributed by atoms with E-state index in [1.54, 1.807) is 24.4 Å². The fourth-order valence-corrected chi connectivity index (χ4v) is 2.60. The van der Waals surface area contributed by atoms with E-state index < -0.39 is 4.92 Å². The molecule has 0 aliphatic carbocycles. The summed E-state index contributed by atoms with van der Waals surface area (Å²) in [6.45, 7) is 1.49. The Morgan fingerprint density at radius 3 is 2.96 bits per heavy atom. The Hall–Kier alpha value is -3.21. The summed E-state index contributed by atoms with van der Waals surface area (Å²) >= 11 is 0. The molecule has 2 aromatic heterocycles. The van der Waals surface area contributed by atoms with E-state index in [4.69, 9.17) is 5.26 Å². The molecule has 1 N–H and O–H groups in total. The highest BCUT2D eigenvalue weighted by molar-refractivity contribution is 5.55. The van der Waals surface area contributed by atoms with Crippen molar-refractivity contribution < 1.29 is 4.92 Å².